The first kappa shape index (κ1) is 36.8. The number of hydrogen-bond acceptors (Lipinski definition) is 6. The van der Waals surface area contributed by atoms with Crippen molar-refractivity contribution in [3.8, 4) is 0 Å². The Kier molecular flexibility index (Phi) is 10.6. The molecule has 1 heterocycles. The molecule has 5 amide bonds. The molecule has 52 heavy (non-hydrogen) atoms. The number of carbonyl (C=O) groups is 5. The minimum atomic E-state index is -1.23. The average molecular weight is 714 g/mol. The second-order valence-corrected chi connectivity index (χ2v) is 15.3. The molecule has 0 radical (unpaired) electrons. The van der Waals surface area contributed by atoms with Crippen molar-refractivity contribution < 1.29 is 33.1 Å². The SMILES string of the molecule is CNC(=O)[C@H](Cc1ccc2ccccc2c1)N1CCN(C(=O)[C@@H](Cc2ccc(F)cc2)NC(=O)C2(NC(=O)OC(C)(C)C)CC2)[C@@H](CC2CC2)C1=O. The van der Waals surface area contributed by atoms with Crippen LogP contribution in [0.1, 0.15) is 64.0 Å². The number of hydrogen-bond donors (Lipinski definition) is 3. The Morgan fingerprint density at radius 3 is 2.23 bits per heavy atom. The second-order valence-electron chi connectivity index (χ2n) is 15.3. The highest BCUT2D eigenvalue weighted by molar-refractivity contribution is 5.98. The molecule has 2 aliphatic carbocycles. The quantitative estimate of drug-likeness (QED) is 0.257. The van der Waals surface area contributed by atoms with Crippen molar-refractivity contribution in [2.75, 3.05) is 20.1 Å². The topological polar surface area (TPSA) is 137 Å². The van der Waals surface area contributed by atoms with Crippen LogP contribution in [-0.2, 0) is 36.8 Å². The summed E-state index contributed by atoms with van der Waals surface area (Å²) in [4.78, 5) is 72.0. The smallest absolute Gasteiger partial charge is 0.408 e. The fraction of sp³-hybridized carbons (Fsp3) is 0.475. The van der Waals surface area contributed by atoms with Gasteiger partial charge >= 0.3 is 6.09 Å². The van der Waals surface area contributed by atoms with Gasteiger partial charge in [0, 0.05) is 33.0 Å². The number of alkyl carbamates (subject to hydrolysis) is 1. The number of piperazine rings is 1. The number of carbonyl (C=O) groups excluding carboxylic acids is 5. The van der Waals surface area contributed by atoms with E-state index >= 15 is 0 Å². The Morgan fingerprint density at radius 1 is 0.923 bits per heavy atom. The third-order valence-corrected chi connectivity index (χ3v) is 10.1. The summed E-state index contributed by atoms with van der Waals surface area (Å²) in [6.07, 6.45) is 2.68. The zero-order chi connectivity index (χ0) is 37.2. The fourth-order valence-corrected chi connectivity index (χ4v) is 6.96. The van der Waals surface area contributed by atoms with Gasteiger partial charge in [-0.25, -0.2) is 9.18 Å². The molecule has 3 aromatic rings. The van der Waals surface area contributed by atoms with Gasteiger partial charge in [0.2, 0.25) is 23.6 Å². The zero-order valence-corrected chi connectivity index (χ0v) is 30.2. The molecule has 11 nitrogen and oxygen atoms in total. The molecule has 3 aliphatic rings. The number of nitrogens with one attached hydrogen (secondary N) is 3. The Hall–Kier alpha value is -5.00. The molecule has 3 fully saturated rings. The Morgan fingerprint density at radius 2 is 1.60 bits per heavy atom. The van der Waals surface area contributed by atoms with E-state index in [4.69, 9.17) is 4.74 Å². The van der Waals surface area contributed by atoms with Gasteiger partial charge in [0.25, 0.3) is 0 Å². The van der Waals surface area contributed by atoms with Crippen LogP contribution in [-0.4, -0.2) is 88.9 Å². The number of benzene rings is 3. The molecule has 0 unspecified atom stereocenters. The molecule has 1 saturated heterocycles. The van der Waals surface area contributed by atoms with Gasteiger partial charge in [0.15, 0.2) is 0 Å². The van der Waals surface area contributed by atoms with E-state index < -0.39 is 53.0 Å². The van der Waals surface area contributed by atoms with Gasteiger partial charge in [-0.15, -0.1) is 0 Å². The first-order chi connectivity index (χ1) is 24.7. The Balaban J connectivity index is 1.24. The number of halogens is 1. The molecular formula is C40H48FN5O6. The summed E-state index contributed by atoms with van der Waals surface area (Å²) in [7, 11) is 1.55. The Bertz CT molecular complexity index is 1830. The second kappa shape index (κ2) is 14.9. The molecule has 0 aromatic heterocycles. The zero-order valence-electron chi connectivity index (χ0n) is 30.2. The van der Waals surface area contributed by atoms with Crippen molar-refractivity contribution in [1.82, 2.24) is 25.8 Å². The molecular weight excluding hydrogens is 665 g/mol. The predicted molar refractivity (Wildman–Crippen MR) is 193 cm³/mol. The van der Waals surface area contributed by atoms with E-state index in [1.165, 1.54) is 12.1 Å². The van der Waals surface area contributed by atoms with Crippen LogP contribution in [0.15, 0.2) is 66.7 Å². The molecule has 2 saturated carbocycles. The van der Waals surface area contributed by atoms with E-state index in [1.54, 1.807) is 49.8 Å². The normalized spacial score (nSPS) is 19.4. The van der Waals surface area contributed by atoms with E-state index in [-0.39, 0.29) is 37.2 Å². The van der Waals surface area contributed by atoms with Crippen LogP contribution < -0.4 is 16.0 Å². The number of likely N-dealkylation sites (N-methyl/N-ethyl adjacent to an activating group) is 1. The van der Waals surface area contributed by atoms with E-state index in [0.29, 0.717) is 31.2 Å². The summed E-state index contributed by atoms with van der Waals surface area (Å²) in [5.41, 5.74) is -0.471. The van der Waals surface area contributed by atoms with Crippen LogP contribution in [0.25, 0.3) is 10.8 Å². The maximum atomic E-state index is 14.6. The van der Waals surface area contributed by atoms with Crippen LogP contribution in [0.3, 0.4) is 0 Å². The first-order valence-corrected chi connectivity index (χ1v) is 18.1. The number of rotatable bonds is 12. The van der Waals surface area contributed by atoms with Crippen molar-refractivity contribution in [3.63, 3.8) is 0 Å². The highest BCUT2D eigenvalue weighted by atomic mass is 19.1. The van der Waals surface area contributed by atoms with Crippen molar-refractivity contribution >= 4 is 40.5 Å². The minimum Gasteiger partial charge on any atom is -0.444 e. The lowest BCUT2D eigenvalue weighted by Crippen LogP contribution is -2.66. The highest BCUT2D eigenvalue weighted by Crippen LogP contribution is 2.38. The summed E-state index contributed by atoms with van der Waals surface area (Å²) in [6.45, 7) is 5.46. The lowest BCUT2D eigenvalue weighted by atomic mass is 9.96. The number of ether oxygens (including phenoxy) is 1. The van der Waals surface area contributed by atoms with Crippen molar-refractivity contribution in [1.29, 1.82) is 0 Å². The van der Waals surface area contributed by atoms with Crippen molar-refractivity contribution in [2.24, 2.45) is 5.92 Å². The molecule has 0 spiro atoms. The predicted octanol–water partition coefficient (Wildman–Crippen LogP) is 4.26. The van der Waals surface area contributed by atoms with E-state index in [1.807, 2.05) is 42.5 Å². The van der Waals surface area contributed by atoms with Gasteiger partial charge < -0.3 is 30.5 Å². The summed E-state index contributed by atoms with van der Waals surface area (Å²) >= 11 is 0. The van der Waals surface area contributed by atoms with Gasteiger partial charge in [-0.2, -0.15) is 0 Å². The molecule has 6 rings (SSSR count). The maximum Gasteiger partial charge on any atom is 0.408 e. The summed E-state index contributed by atoms with van der Waals surface area (Å²) in [5.74, 6) is -1.75. The number of amides is 5. The fourth-order valence-electron chi connectivity index (χ4n) is 6.96. The van der Waals surface area contributed by atoms with E-state index in [2.05, 4.69) is 16.0 Å². The lowest BCUT2D eigenvalue weighted by molar-refractivity contribution is -0.157. The first-order valence-electron chi connectivity index (χ1n) is 18.1. The third kappa shape index (κ3) is 8.71. The summed E-state index contributed by atoms with van der Waals surface area (Å²) in [5, 5.41) is 10.4. The molecule has 3 aromatic carbocycles. The minimum absolute atomic E-state index is 0.0424. The van der Waals surface area contributed by atoms with Gasteiger partial charge in [0.1, 0.15) is 35.1 Å². The highest BCUT2D eigenvalue weighted by Gasteiger charge is 2.53. The molecule has 1 aliphatic heterocycles. The molecule has 276 valence electrons. The average Bonchev–Trinajstić information content (AvgIpc) is 4.05. The number of nitrogens with zero attached hydrogens (tertiary/aromatic N) is 2. The van der Waals surface area contributed by atoms with Crippen molar-refractivity contribution in [3.05, 3.63) is 83.7 Å². The number of fused-ring (bicyclic) bond motifs is 1. The third-order valence-electron chi connectivity index (χ3n) is 10.1. The Labute approximate surface area is 303 Å². The standard InChI is InChI=1S/C40H48FN5O6/c1-39(2,3)52-38(51)44-40(17-18-40)37(50)43-31(22-25-12-15-30(41)16-13-25)35(48)46-20-19-45(36(49)33(46)23-26-9-10-26)32(34(47)42-4)24-27-11-14-28-7-5-6-8-29(28)21-27/h5-8,11-16,21,26,31-33H,9-10,17-20,22-24H2,1-4H3,(H,42,47)(H,43,50)(H,44,51)/t31-,32+,33+/m1/s1. The van der Waals surface area contributed by atoms with Crippen LogP contribution in [0.5, 0.6) is 0 Å². The summed E-state index contributed by atoms with van der Waals surface area (Å²) < 4.78 is 19.2. The van der Waals surface area contributed by atoms with Crippen LogP contribution >= 0.6 is 0 Å². The van der Waals surface area contributed by atoms with Crippen molar-refractivity contribution in [2.45, 2.75) is 95.0 Å². The van der Waals surface area contributed by atoms with Crippen LogP contribution in [0.2, 0.25) is 0 Å². The van der Waals surface area contributed by atoms with Crippen LogP contribution in [0, 0.1) is 11.7 Å². The molecule has 3 atom stereocenters. The molecule has 0 bridgehead atoms. The van der Waals surface area contributed by atoms with Gasteiger partial charge in [0.05, 0.1) is 0 Å². The van der Waals surface area contributed by atoms with Crippen LogP contribution in [0.4, 0.5) is 9.18 Å². The van der Waals surface area contributed by atoms with E-state index in [9.17, 15) is 28.4 Å². The van der Waals surface area contributed by atoms with Gasteiger partial charge in [-0.05, 0) is 80.0 Å². The molecule has 12 heteroatoms. The van der Waals surface area contributed by atoms with E-state index in [0.717, 1.165) is 29.2 Å². The van der Waals surface area contributed by atoms with Gasteiger partial charge in [-0.3, -0.25) is 19.2 Å². The monoisotopic (exact) mass is 713 g/mol. The molecule has 3 N–H and O–H groups in total. The maximum absolute atomic E-state index is 14.6. The summed E-state index contributed by atoms with van der Waals surface area (Å²) in [6, 6.07) is 16.9. The van der Waals surface area contributed by atoms with Gasteiger partial charge in [-0.1, -0.05) is 67.4 Å². The largest absolute Gasteiger partial charge is 0.444 e. The lowest BCUT2D eigenvalue weighted by Gasteiger charge is -2.44.